The van der Waals surface area contributed by atoms with Crippen LogP contribution < -0.4 is 5.32 Å². The van der Waals surface area contributed by atoms with Crippen LogP contribution in [0.1, 0.15) is 22.5 Å². The SMILES string of the molecule is Cc1cnn(CCC(=O)Nc2cccc(C(=O)N(C)C)n2)c1. The predicted octanol–water partition coefficient (Wildman–Crippen LogP) is 1.32. The largest absolute Gasteiger partial charge is 0.343 e. The van der Waals surface area contributed by atoms with Crippen LogP contribution in [0.15, 0.2) is 30.6 Å². The minimum absolute atomic E-state index is 0.171. The number of anilines is 1. The summed E-state index contributed by atoms with van der Waals surface area (Å²) in [6.45, 7) is 2.44. The van der Waals surface area contributed by atoms with Crippen molar-refractivity contribution < 1.29 is 9.59 Å². The molecule has 7 heteroatoms. The molecule has 0 aliphatic heterocycles. The van der Waals surface area contributed by atoms with Crippen molar-refractivity contribution in [2.75, 3.05) is 19.4 Å². The highest BCUT2D eigenvalue weighted by molar-refractivity contribution is 5.94. The molecule has 0 saturated heterocycles. The van der Waals surface area contributed by atoms with Gasteiger partial charge < -0.3 is 10.2 Å². The molecule has 2 aromatic rings. The van der Waals surface area contributed by atoms with Gasteiger partial charge in [0.2, 0.25) is 5.91 Å². The number of carbonyl (C=O) groups excluding carboxylic acids is 2. The van der Waals surface area contributed by atoms with Gasteiger partial charge in [-0.1, -0.05) is 6.07 Å². The Morgan fingerprint density at radius 1 is 1.32 bits per heavy atom. The first-order chi connectivity index (χ1) is 10.5. The molecule has 2 rings (SSSR count). The molecule has 1 N–H and O–H groups in total. The summed E-state index contributed by atoms with van der Waals surface area (Å²) in [5.41, 5.74) is 1.35. The molecule has 0 aliphatic carbocycles. The average molecular weight is 301 g/mol. The third kappa shape index (κ3) is 4.15. The highest BCUT2D eigenvalue weighted by Crippen LogP contribution is 2.07. The first-order valence-corrected chi connectivity index (χ1v) is 6.93. The second-order valence-electron chi connectivity index (χ2n) is 5.19. The van der Waals surface area contributed by atoms with Gasteiger partial charge in [-0.3, -0.25) is 14.3 Å². The number of carbonyl (C=O) groups is 2. The molecule has 0 fully saturated rings. The minimum atomic E-state index is -0.205. The zero-order valence-corrected chi connectivity index (χ0v) is 12.9. The Balaban J connectivity index is 1.94. The van der Waals surface area contributed by atoms with Gasteiger partial charge in [-0.05, 0) is 24.6 Å². The molecular weight excluding hydrogens is 282 g/mol. The molecule has 2 amide bonds. The molecule has 22 heavy (non-hydrogen) atoms. The molecule has 116 valence electrons. The summed E-state index contributed by atoms with van der Waals surface area (Å²) in [4.78, 5) is 29.3. The summed E-state index contributed by atoms with van der Waals surface area (Å²) in [6, 6.07) is 4.96. The predicted molar refractivity (Wildman–Crippen MR) is 82.5 cm³/mol. The number of aryl methyl sites for hydroxylation is 2. The molecule has 0 aliphatic rings. The lowest BCUT2D eigenvalue weighted by Crippen LogP contribution is -2.23. The molecule has 0 unspecified atom stereocenters. The molecule has 0 radical (unpaired) electrons. The van der Waals surface area contributed by atoms with E-state index >= 15 is 0 Å². The van der Waals surface area contributed by atoms with Crippen molar-refractivity contribution in [1.29, 1.82) is 0 Å². The summed E-state index contributed by atoms with van der Waals surface area (Å²) in [7, 11) is 3.31. The normalized spacial score (nSPS) is 10.3. The maximum atomic E-state index is 11.9. The van der Waals surface area contributed by atoms with Gasteiger partial charge in [-0.15, -0.1) is 0 Å². The van der Waals surface area contributed by atoms with Crippen molar-refractivity contribution in [2.24, 2.45) is 0 Å². The zero-order chi connectivity index (χ0) is 16.1. The topological polar surface area (TPSA) is 80.1 Å². The molecule has 2 heterocycles. The number of pyridine rings is 1. The zero-order valence-electron chi connectivity index (χ0n) is 12.9. The Morgan fingerprint density at radius 3 is 2.73 bits per heavy atom. The summed E-state index contributed by atoms with van der Waals surface area (Å²) >= 11 is 0. The van der Waals surface area contributed by atoms with E-state index in [1.54, 1.807) is 43.2 Å². The van der Waals surface area contributed by atoms with Gasteiger partial charge in [0.25, 0.3) is 5.91 Å². The lowest BCUT2D eigenvalue weighted by molar-refractivity contribution is -0.116. The highest BCUT2D eigenvalue weighted by atomic mass is 16.2. The number of amides is 2. The maximum absolute atomic E-state index is 11.9. The summed E-state index contributed by atoms with van der Waals surface area (Å²) in [5.74, 6) is -0.00688. The molecule has 2 aromatic heterocycles. The maximum Gasteiger partial charge on any atom is 0.272 e. The van der Waals surface area contributed by atoms with Crippen molar-refractivity contribution in [1.82, 2.24) is 19.7 Å². The van der Waals surface area contributed by atoms with E-state index < -0.39 is 0 Å². The smallest absolute Gasteiger partial charge is 0.272 e. The van der Waals surface area contributed by atoms with Gasteiger partial charge in [0.05, 0.1) is 6.20 Å². The van der Waals surface area contributed by atoms with E-state index in [1.165, 1.54) is 4.90 Å². The Morgan fingerprint density at radius 2 is 2.09 bits per heavy atom. The molecule has 7 nitrogen and oxygen atoms in total. The molecule has 0 spiro atoms. The van der Waals surface area contributed by atoms with Crippen LogP contribution in [0.4, 0.5) is 5.82 Å². The van der Waals surface area contributed by atoms with E-state index in [0.717, 1.165) is 5.56 Å². The van der Waals surface area contributed by atoms with E-state index in [4.69, 9.17) is 0 Å². The van der Waals surface area contributed by atoms with Gasteiger partial charge >= 0.3 is 0 Å². The quantitative estimate of drug-likeness (QED) is 0.903. The van der Waals surface area contributed by atoms with Crippen LogP contribution in [0, 0.1) is 6.92 Å². The fourth-order valence-corrected chi connectivity index (χ4v) is 1.86. The minimum Gasteiger partial charge on any atom is -0.343 e. The van der Waals surface area contributed by atoms with Crippen LogP contribution in [0.2, 0.25) is 0 Å². The molecule has 0 bridgehead atoms. The van der Waals surface area contributed by atoms with Crippen LogP contribution in [-0.2, 0) is 11.3 Å². The van der Waals surface area contributed by atoms with E-state index in [-0.39, 0.29) is 18.2 Å². The summed E-state index contributed by atoms with van der Waals surface area (Å²) < 4.78 is 1.72. The Kier molecular flexibility index (Phi) is 4.88. The van der Waals surface area contributed by atoms with E-state index in [0.29, 0.717) is 18.1 Å². The van der Waals surface area contributed by atoms with Gasteiger partial charge in [-0.2, -0.15) is 5.10 Å². The number of rotatable bonds is 5. The van der Waals surface area contributed by atoms with Crippen molar-refractivity contribution in [3.8, 4) is 0 Å². The second-order valence-corrected chi connectivity index (χ2v) is 5.19. The molecular formula is C15H19N5O2. The first kappa shape index (κ1) is 15.7. The van der Waals surface area contributed by atoms with Crippen molar-refractivity contribution in [2.45, 2.75) is 19.9 Å². The van der Waals surface area contributed by atoms with Gasteiger partial charge in [0.1, 0.15) is 11.5 Å². The Hall–Kier alpha value is -2.70. The molecule has 0 saturated carbocycles. The average Bonchev–Trinajstić information content (AvgIpc) is 2.90. The second kappa shape index (κ2) is 6.84. The Labute approximate surface area is 129 Å². The van der Waals surface area contributed by atoms with Crippen molar-refractivity contribution >= 4 is 17.6 Å². The van der Waals surface area contributed by atoms with Crippen molar-refractivity contribution in [3.05, 3.63) is 41.9 Å². The standard InChI is InChI=1S/C15H19N5O2/c1-11-9-16-20(10-11)8-7-14(21)18-13-6-4-5-12(17-13)15(22)19(2)3/h4-6,9-10H,7-8H2,1-3H3,(H,17,18,21). The van der Waals surface area contributed by atoms with E-state index in [1.807, 2.05) is 13.1 Å². The Bertz CT molecular complexity index is 678. The third-order valence-corrected chi connectivity index (χ3v) is 2.97. The number of nitrogens with one attached hydrogen (secondary N) is 1. The van der Waals surface area contributed by atoms with Crippen LogP contribution in [0.25, 0.3) is 0 Å². The number of hydrogen-bond donors (Lipinski definition) is 1. The van der Waals surface area contributed by atoms with E-state index in [2.05, 4.69) is 15.4 Å². The summed E-state index contributed by atoms with van der Waals surface area (Å²) in [6.07, 6.45) is 3.91. The monoisotopic (exact) mass is 301 g/mol. The van der Waals surface area contributed by atoms with Crippen LogP contribution >= 0.6 is 0 Å². The third-order valence-electron chi connectivity index (χ3n) is 2.97. The number of hydrogen-bond acceptors (Lipinski definition) is 4. The van der Waals surface area contributed by atoms with Gasteiger partial charge in [0, 0.05) is 33.3 Å². The highest BCUT2D eigenvalue weighted by Gasteiger charge is 2.11. The van der Waals surface area contributed by atoms with E-state index in [9.17, 15) is 9.59 Å². The first-order valence-electron chi connectivity index (χ1n) is 6.93. The van der Waals surface area contributed by atoms with Crippen LogP contribution in [-0.4, -0.2) is 45.6 Å². The fourth-order valence-electron chi connectivity index (χ4n) is 1.86. The van der Waals surface area contributed by atoms with Crippen LogP contribution in [0.3, 0.4) is 0 Å². The summed E-state index contributed by atoms with van der Waals surface area (Å²) in [5, 5.41) is 6.81. The fraction of sp³-hybridized carbons (Fsp3) is 0.333. The number of nitrogens with zero attached hydrogens (tertiary/aromatic N) is 4. The molecule has 0 atom stereocenters. The van der Waals surface area contributed by atoms with Gasteiger partial charge in [0.15, 0.2) is 0 Å². The molecule has 0 aromatic carbocycles. The van der Waals surface area contributed by atoms with Gasteiger partial charge in [-0.25, -0.2) is 4.98 Å². The lowest BCUT2D eigenvalue weighted by atomic mass is 10.3. The lowest BCUT2D eigenvalue weighted by Gasteiger charge is -2.10. The van der Waals surface area contributed by atoms with Crippen LogP contribution in [0.5, 0.6) is 0 Å². The number of aromatic nitrogens is 3. The van der Waals surface area contributed by atoms with Crippen molar-refractivity contribution in [3.63, 3.8) is 0 Å².